The van der Waals surface area contributed by atoms with E-state index in [1.54, 1.807) is 36.4 Å². The number of halogens is 2. The largest absolute Gasteiger partial charge is 0.314 e. The third-order valence-corrected chi connectivity index (χ3v) is 6.05. The maximum atomic E-state index is 13.5. The zero-order valence-electron chi connectivity index (χ0n) is 13.8. The Morgan fingerprint density at radius 1 is 1.12 bits per heavy atom. The smallest absolute Gasteiger partial charge is 0.179 e. The second kappa shape index (κ2) is 8.76. The molecule has 7 heteroatoms. The lowest BCUT2D eigenvalue weighted by molar-refractivity contribution is 0.171. The predicted molar refractivity (Wildman–Crippen MR) is 99.3 cm³/mol. The summed E-state index contributed by atoms with van der Waals surface area (Å²) in [7, 11) is -3.31. The molecule has 2 aromatic rings. The van der Waals surface area contributed by atoms with Crippen LogP contribution in [0.5, 0.6) is 0 Å². The van der Waals surface area contributed by atoms with Crippen molar-refractivity contribution >= 4 is 22.2 Å². The number of rotatable bonds is 5. The van der Waals surface area contributed by atoms with Crippen LogP contribution in [-0.2, 0) is 9.84 Å². The first-order chi connectivity index (χ1) is 11.6. The van der Waals surface area contributed by atoms with Gasteiger partial charge in [0.1, 0.15) is 5.82 Å². The minimum Gasteiger partial charge on any atom is -0.314 e. The highest BCUT2D eigenvalue weighted by Gasteiger charge is 2.25. The van der Waals surface area contributed by atoms with Gasteiger partial charge in [0.05, 0.1) is 10.6 Å². The van der Waals surface area contributed by atoms with Crippen LogP contribution in [0.15, 0.2) is 59.5 Å². The van der Waals surface area contributed by atoms with Crippen LogP contribution < -0.4 is 5.32 Å². The molecule has 0 aliphatic carbocycles. The molecule has 25 heavy (non-hydrogen) atoms. The van der Waals surface area contributed by atoms with Crippen molar-refractivity contribution in [1.29, 1.82) is 0 Å². The van der Waals surface area contributed by atoms with E-state index in [0.717, 1.165) is 18.7 Å². The van der Waals surface area contributed by atoms with E-state index in [4.69, 9.17) is 0 Å². The first-order valence-corrected chi connectivity index (χ1v) is 9.69. The Labute approximate surface area is 154 Å². The van der Waals surface area contributed by atoms with Crippen molar-refractivity contribution in [2.75, 3.05) is 31.9 Å². The van der Waals surface area contributed by atoms with Gasteiger partial charge in [-0.25, -0.2) is 12.8 Å². The molecule has 1 N–H and O–H groups in total. The summed E-state index contributed by atoms with van der Waals surface area (Å²) in [6, 6.07) is 15.0. The highest BCUT2D eigenvalue weighted by molar-refractivity contribution is 7.91. The molecule has 4 nitrogen and oxygen atoms in total. The summed E-state index contributed by atoms with van der Waals surface area (Å²) in [5, 5.41) is 3.30. The number of nitrogens with one attached hydrogen (secondary N) is 1. The van der Waals surface area contributed by atoms with Crippen molar-refractivity contribution < 1.29 is 12.8 Å². The van der Waals surface area contributed by atoms with E-state index in [-0.39, 0.29) is 30.0 Å². The van der Waals surface area contributed by atoms with Gasteiger partial charge in [0, 0.05) is 32.2 Å². The van der Waals surface area contributed by atoms with E-state index in [1.165, 1.54) is 12.1 Å². The van der Waals surface area contributed by atoms with Gasteiger partial charge in [0.25, 0.3) is 0 Å². The molecule has 1 aliphatic rings. The zero-order chi connectivity index (χ0) is 17.0. The van der Waals surface area contributed by atoms with Crippen LogP contribution >= 0.6 is 12.4 Å². The average Bonchev–Trinajstić information content (AvgIpc) is 2.61. The Kier molecular flexibility index (Phi) is 6.95. The monoisotopic (exact) mass is 384 g/mol. The van der Waals surface area contributed by atoms with Crippen molar-refractivity contribution in [2.24, 2.45) is 0 Å². The maximum Gasteiger partial charge on any atom is 0.179 e. The second-order valence-corrected chi connectivity index (χ2v) is 8.05. The van der Waals surface area contributed by atoms with Crippen LogP contribution in [0.25, 0.3) is 0 Å². The van der Waals surface area contributed by atoms with Gasteiger partial charge in [-0.05, 0) is 29.8 Å². The third kappa shape index (κ3) is 5.01. The van der Waals surface area contributed by atoms with E-state index in [2.05, 4.69) is 10.2 Å². The summed E-state index contributed by atoms with van der Waals surface area (Å²) < 4.78 is 38.5. The lowest BCUT2D eigenvalue weighted by Crippen LogP contribution is -2.47. The molecule has 1 saturated heterocycles. The molecular formula is C18H22ClFN2O2S. The zero-order valence-corrected chi connectivity index (χ0v) is 15.4. The molecule has 0 saturated carbocycles. The summed E-state index contributed by atoms with van der Waals surface area (Å²) in [5.74, 6) is -0.210. The SMILES string of the molecule is Cl.O=S(=O)(CCN1CCNCC1c1cccc(F)c1)c1ccccc1. The van der Waals surface area contributed by atoms with E-state index in [0.29, 0.717) is 18.0 Å². The number of nitrogens with zero attached hydrogens (tertiary/aromatic N) is 1. The van der Waals surface area contributed by atoms with E-state index in [1.807, 2.05) is 6.07 Å². The molecule has 0 bridgehead atoms. The molecule has 0 aromatic heterocycles. The fourth-order valence-electron chi connectivity index (χ4n) is 3.04. The van der Waals surface area contributed by atoms with Crippen molar-refractivity contribution in [2.45, 2.75) is 10.9 Å². The molecule has 1 fully saturated rings. The summed E-state index contributed by atoms with van der Waals surface area (Å²) in [5.41, 5.74) is 0.874. The summed E-state index contributed by atoms with van der Waals surface area (Å²) in [6.07, 6.45) is 0. The minimum absolute atomic E-state index is 0. The van der Waals surface area contributed by atoms with Gasteiger partial charge < -0.3 is 5.32 Å². The van der Waals surface area contributed by atoms with Crippen molar-refractivity contribution in [3.63, 3.8) is 0 Å². The van der Waals surface area contributed by atoms with Crippen LogP contribution in [0, 0.1) is 5.82 Å². The number of sulfone groups is 1. The molecule has 1 unspecified atom stereocenters. The molecule has 1 atom stereocenters. The predicted octanol–water partition coefficient (Wildman–Crippen LogP) is 2.67. The molecule has 0 spiro atoms. The third-order valence-electron chi connectivity index (χ3n) is 4.34. The van der Waals surface area contributed by atoms with Crippen LogP contribution in [0.2, 0.25) is 0 Å². The summed E-state index contributed by atoms with van der Waals surface area (Å²) in [6.45, 7) is 2.66. The highest BCUT2D eigenvalue weighted by atomic mass is 35.5. The Bertz CT molecular complexity index is 787. The van der Waals surface area contributed by atoms with Gasteiger partial charge in [-0.3, -0.25) is 4.90 Å². The van der Waals surface area contributed by atoms with Crippen LogP contribution in [0.1, 0.15) is 11.6 Å². The van der Waals surface area contributed by atoms with Gasteiger partial charge in [-0.1, -0.05) is 30.3 Å². The number of piperazine rings is 1. The number of hydrogen-bond acceptors (Lipinski definition) is 4. The molecule has 0 amide bonds. The van der Waals surface area contributed by atoms with Gasteiger partial charge >= 0.3 is 0 Å². The number of hydrogen-bond donors (Lipinski definition) is 1. The fraction of sp³-hybridized carbons (Fsp3) is 0.333. The van der Waals surface area contributed by atoms with Crippen molar-refractivity contribution in [3.8, 4) is 0 Å². The molecule has 0 radical (unpaired) electrons. The Hall–Kier alpha value is -1.47. The topological polar surface area (TPSA) is 49.4 Å². The van der Waals surface area contributed by atoms with E-state index in [9.17, 15) is 12.8 Å². The van der Waals surface area contributed by atoms with Crippen LogP contribution in [0.3, 0.4) is 0 Å². The second-order valence-electron chi connectivity index (χ2n) is 5.94. The standard InChI is InChI=1S/C18H21FN2O2S.ClH/c19-16-6-4-5-15(13-16)18-14-20-9-10-21(18)11-12-24(22,23)17-7-2-1-3-8-17;/h1-8,13,18,20H,9-12,14H2;1H. The maximum absolute atomic E-state index is 13.5. The van der Waals surface area contributed by atoms with Crippen molar-refractivity contribution in [1.82, 2.24) is 10.2 Å². The average molecular weight is 385 g/mol. The van der Waals surface area contributed by atoms with E-state index >= 15 is 0 Å². The molecular weight excluding hydrogens is 363 g/mol. The quantitative estimate of drug-likeness (QED) is 0.861. The van der Waals surface area contributed by atoms with Gasteiger partial charge in [-0.2, -0.15) is 0 Å². The Balaban J connectivity index is 0.00000225. The summed E-state index contributed by atoms with van der Waals surface area (Å²) >= 11 is 0. The van der Waals surface area contributed by atoms with Gasteiger partial charge in [0.2, 0.25) is 0 Å². The van der Waals surface area contributed by atoms with Crippen molar-refractivity contribution in [3.05, 3.63) is 66.0 Å². The van der Waals surface area contributed by atoms with Crippen LogP contribution in [-0.4, -0.2) is 45.2 Å². The molecule has 2 aromatic carbocycles. The first-order valence-electron chi connectivity index (χ1n) is 8.04. The lowest BCUT2D eigenvalue weighted by atomic mass is 10.0. The molecule has 1 aliphatic heterocycles. The normalized spacial score (nSPS) is 18.5. The summed E-state index contributed by atoms with van der Waals surface area (Å²) in [4.78, 5) is 2.47. The lowest BCUT2D eigenvalue weighted by Gasteiger charge is -2.36. The van der Waals surface area contributed by atoms with Crippen LogP contribution in [0.4, 0.5) is 4.39 Å². The Morgan fingerprint density at radius 3 is 2.60 bits per heavy atom. The molecule has 3 rings (SSSR count). The molecule has 1 heterocycles. The Morgan fingerprint density at radius 2 is 1.88 bits per heavy atom. The van der Waals surface area contributed by atoms with Gasteiger partial charge in [0.15, 0.2) is 9.84 Å². The first kappa shape index (κ1) is 19.8. The van der Waals surface area contributed by atoms with Gasteiger partial charge in [-0.15, -0.1) is 12.4 Å². The highest BCUT2D eigenvalue weighted by Crippen LogP contribution is 2.23. The fourth-order valence-corrected chi connectivity index (χ4v) is 4.32. The minimum atomic E-state index is -3.31. The molecule has 136 valence electrons. The van der Waals surface area contributed by atoms with E-state index < -0.39 is 9.84 Å². The number of benzene rings is 2.